The van der Waals surface area contributed by atoms with E-state index in [2.05, 4.69) is 12.0 Å². The molecule has 0 spiro atoms. The molecule has 1 amide bonds. The molecule has 3 rings (SSSR count). The van der Waals surface area contributed by atoms with Crippen LogP contribution in [0.5, 0.6) is 0 Å². The van der Waals surface area contributed by atoms with Crippen LogP contribution < -0.4 is 4.90 Å². The lowest BCUT2D eigenvalue weighted by molar-refractivity contribution is 0.262. The molecular weight excluding hydrogens is 281 g/mol. The van der Waals surface area contributed by atoms with Crippen LogP contribution in [0, 0.1) is 11.7 Å². The number of aromatic nitrogens is 2. The Kier molecular flexibility index (Phi) is 3.22. The molecule has 4 nitrogen and oxygen atoms in total. The fraction of sp³-hybridized carbons (Fsp3) is 0.286. The summed E-state index contributed by atoms with van der Waals surface area (Å²) < 4.78 is 14.7. The van der Waals surface area contributed by atoms with Gasteiger partial charge in [-0.25, -0.2) is 9.07 Å². The summed E-state index contributed by atoms with van der Waals surface area (Å²) in [5.74, 6) is 0.00167. The number of nitrogens with zero attached hydrogens (tertiary/aromatic N) is 3. The molecule has 20 heavy (non-hydrogen) atoms. The molecular formula is C14H13ClFN3O. The van der Waals surface area contributed by atoms with E-state index < -0.39 is 5.37 Å². The average Bonchev–Trinajstić information content (AvgIpc) is 2.82. The third-order valence-electron chi connectivity index (χ3n) is 3.46. The van der Waals surface area contributed by atoms with E-state index in [0.717, 1.165) is 23.5 Å². The van der Waals surface area contributed by atoms with Gasteiger partial charge < -0.3 is 0 Å². The van der Waals surface area contributed by atoms with Crippen LogP contribution in [0.25, 0.3) is 5.69 Å². The van der Waals surface area contributed by atoms with Crippen LogP contribution >= 0.6 is 11.6 Å². The van der Waals surface area contributed by atoms with Crippen molar-refractivity contribution >= 4 is 22.7 Å². The molecule has 1 aromatic heterocycles. The van der Waals surface area contributed by atoms with E-state index in [1.54, 1.807) is 23.0 Å². The molecule has 1 atom stereocenters. The lowest BCUT2D eigenvalue weighted by Gasteiger charge is -2.29. The van der Waals surface area contributed by atoms with Crippen molar-refractivity contribution in [3.8, 4) is 5.69 Å². The summed E-state index contributed by atoms with van der Waals surface area (Å²) in [6.45, 7) is 2.64. The minimum absolute atomic E-state index is 0.291. The summed E-state index contributed by atoms with van der Waals surface area (Å²) in [4.78, 5) is 13.0. The number of anilines is 1. The second kappa shape index (κ2) is 4.90. The first-order chi connectivity index (χ1) is 9.56. The van der Waals surface area contributed by atoms with E-state index in [1.165, 1.54) is 17.0 Å². The average molecular weight is 294 g/mol. The van der Waals surface area contributed by atoms with Crippen LogP contribution in [0.2, 0.25) is 0 Å². The highest BCUT2D eigenvalue weighted by atomic mass is 35.5. The summed E-state index contributed by atoms with van der Waals surface area (Å²) >= 11 is 5.63. The van der Waals surface area contributed by atoms with Gasteiger partial charge in [-0.1, -0.05) is 6.92 Å². The largest absolute Gasteiger partial charge is 0.320 e. The Balaban J connectivity index is 2.07. The standard InChI is InChI=1S/C14H13ClFN3O/c1-9-6-12-13(18(8-9)14(15)20)7-17-19(12)11-4-2-10(16)3-5-11/h2-5,7,9H,6,8H2,1H3. The molecule has 1 aromatic carbocycles. The van der Waals surface area contributed by atoms with Crippen molar-refractivity contribution in [3.63, 3.8) is 0 Å². The van der Waals surface area contributed by atoms with Gasteiger partial charge in [-0.05, 0) is 48.2 Å². The lowest BCUT2D eigenvalue weighted by atomic mass is 9.99. The molecule has 0 radical (unpaired) electrons. The van der Waals surface area contributed by atoms with Gasteiger partial charge in [0.25, 0.3) is 0 Å². The number of rotatable bonds is 1. The van der Waals surface area contributed by atoms with Crippen molar-refractivity contribution < 1.29 is 9.18 Å². The van der Waals surface area contributed by atoms with Gasteiger partial charge in [0.2, 0.25) is 0 Å². The maximum Gasteiger partial charge on any atom is 0.320 e. The first-order valence-corrected chi connectivity index (χ1v) is 6.74. The number of carbonyl (C=O) groups is 1. The molecule has 0 fully saturated rings. The predicted molar refractivity (Wildman–Crippen MR) is 75.0 cm³/mol. The highest BCUT2D eigenvalue weighted by Gasteiger charge is 2.29. The van der Waals surface area contributed by atoms with E-state index in [0.29, 0.717) is 12.5 Å². The lowest BCUT2D eigenvalue weighted by Crippen LogP contribution is -2.36. The van der Waals surface area contributed by atoms with E-state index in [-0.39, 0.29) is 5.82 Å². The van der Waals surface area contributed by atoms with Crippen LogP contribution in [0.15, 0.2) is 30.5 Å². The quantitative estimate of drug-likeness (QED) is 0.597. The number of amides is 1. The first-order valence-electron chi connectivity index (χ1n) is 6.36. The highest BCUT2D eigenvalue weighted by Crippen LogP contribution is 2.32. The summed E-state index contributed by atoms with van der Waals surface area (Å²) in [5.41, 5.74) is 2.42. The fourth-order valence-electron chi connectivity index (χ4n) is 2.56. The zero-order valence-electron chi connectivity index (χ0n) is 10.9. The Bertz CT molecular complexity index is 653. The van der Waals surface area contributed by atoms with Gasteiger partial charge in [0, 0.05) is 6.54 Å². The molecule has 2 aromatic rings. The minimum atomic E-state index is -0.503. The van der Waals surface area contributed by atoms with Crippen molar-refractivity contribution in [1.82, 2.24) is 9.78 Å². The van der Waals surface area contributed by atoms with Gasteiger partial charge >= 0.3 is 5.37 Å². The van der Waals surface area contributed by atoms with Gasteiger partial charge in [-0.2, -0.15) is 5.10 Å². The Hall–Kier alpha value is -1.88. The Morgan fingerprint density at radius 1 is 1.40 bits per heavy atom. The second-order valence-electron chi connectivity index (χ2n) is 5.04. The molecule has 0 N–H and O–H groups in total. The first kappa shape index (κ1) is 13.1. The molecule has 2 heterocycles. The maximum atomic E-state index is 13.0. The number of carbonyl (C=O) groups excluding carboxylic acids is 1. The van der Waals surface area contributed by atoms with Crippen molar-refractivity contribution in [1.29, 1.82) is 0 Å². The van der Waals surface area contributed by atoms with Crippen molar-refractivity contribution in [2.75, 3.05) is 11.4 Å². The third-order valence-corrected chi connectivity index (χ3v) is 3.66. The zero-order chi connectivity index (χ0) is 14.3. The smallest absolute Gasteiger partial charge is 0.295 e. The van der Waals surface area contributed by atoms with Crippen LogP contribution in [0.4, 0.5) is 14.9 Å². The summed E-state index contributed by atoms with van der Waals surface area (Å²) in [7, 11) is 0. The zero-order valence-corrected chi connectivity index (χ0v) is 11.6. The summed E-state index contributed by atoms with van der Waals surface area (Å²) in [5, 5.41) is 3.80. The maximum absolute atomic E-state index is 13.0. The Morgan fingerprint density at radius 3 is 2.75 bits per heavy atom. The van der Waals surface area contributed by atoms with E-state index in [9.17, 15) is 9.18 Å². The molecule has 0 saturated heterocycles. The number of halogens is 2. The van der Waals surface area contributed by atoms with E-state index in [4.69, 9.17) is 11.6 Å². The second-order valence-corrected chi connectivity index (χ2v) is 5.36. The van der Waals surface area contributed by atoms with E-state index in [1.807, 2.05) is 0 Å². The number of hydrogen-bond acceptors (Lipinski definition) is 2. The van der Waals surface area contributed by atoms with Gasteiger partial charge in [0.05, 0.1) is 23.3 Å². The molecule has 104 valence electrons. The van der Waals surface area contributed by atoms with Crippen LogP contribution in [-0.4, -0.2) is 21.7 Å². The van der Waals surface area contributed by atoms with Crippen molar-refractivity contribution in [2.45, 2.75) is 13.3 Å². The molecule has 0 bridgehead atoms. The Morgan fingerprint density at radius 2 is 2.10 bits per heavy atom. The summed E-state index contributed by atoms with van der Waals surface area (Å²) in [6, 6.07) is 6.10. The van der Waals surface area contributed by atoms with Gasteiger partial charge in [-0.15, -0.1) is 0 Å². The molecule has 0 saturated carbocycles. The third kappa shape index (κ3) is 2.18. The van der Waals surface area contributed by atoms with Crippen molar-refractivity contribution in [3.05, 3.63) is 42.0 Å². The van der Waals surface area contributed by atoms with Crippen molar-refractivity contribution in [2.24, 2.45) is 5.92 Å². The molecule has 1 unspecified atom stereocenters. The highest BCUT2D eigenvalue weighted by molar-refractivity contribution is 6.66. The molecule has 1 aliphatic heterocycles. The normalized spacial score (nSPS) is 17.9. The predicted octanol–water partition coefficient (Wildman–Crippen LogP) is 3.37. The molecule has 0 aliphatic carbocycles. The number of fused-ring (bicyclic) bond motifs is 1. The van der Waals surface area contributed by atoms with E-state index >= 15 is 0 Å². The fourth-order valence-corrected chi connectivity index (χ4v) is 2.72. The minimum Gasteiger partial charge on any atom is -0.295 e. The van der Waals surface area contributed by atoms with Gasteiger partial charge in [0.15, 0.2) is 0 Å². The van der Waals surface area contributed by atoms with Gasteiger partial charge in [0.1, 0.15) is 5.82 Å². The van der Waals surface area contributed by atoms with Crippen LogP contribution in [0.1, 0.15) is 12.6 Å². The summed E-state index contributed by atoms with van der Waals surface area (Å²) in [6.07, 6.45) is 2.43. The van der Waals surface area contributed by atoms with Crippen LogP contribution in [0.3, 0.4) is 0 Å². The molecule has 1 aliphatic rings. The molecule has 6 heteroatoms. The van der Waals surface area contributed by atoms with Gasteiger partial charge in [-0.3, -0.25) is 9.69 Å². The monoisotopic (exact) mass is 293 g/mol. The SMILES string of the molecule is CC1Cc2c(cnn2-c2ccc(F)cc2)N(C(=O)Cl)C1. The number of hydrogen-bond donors (Lipinski definition) is 0. The number of benzene rings is 1. The van der Waals surface area contributed by atoms with Crippen LogP contribution in [-0.2, 0) is 6.42 Å². The Labute approximate surface area is 120 Å². The topological polar surface area (TPSA) is 38.1 Å².